The van der Waals surface area contributed by atoms with E-state index in [2.05, 4.69) is 51.3 Å². The summed E-state index contributed by atoms with van der Waals surface area (Å²) in [4.78, 5) is 21.5. The molecule has 1 saturated carbocycles. The van der Waals surface area contributed by atoms with Gasteiger partial charge in [0.05, 0.1) is 5.69 Å². The smallest absolute Gasteiger partial charge is 0.225 e. The van der Waals surface area contributed by atoms with E-state index in [1.54, 1.807) is 0 Å². The lowest BCUT2D eigenvalue weighted by Gasteiger charge is -2.36. The Morgan fingerprint density at radius 3 is 2.45 bits per heavy atom. The summed E-state index contributed by atoms with van der Waals surface area (Å²) in [7, 11) is 3.81. The Kier molecular flexibility index (Phi) is 8.35. The average Bonchev–Trinajstić information content (AvgIpc) is 3.38. The second kappa shape index (κ2) is 11.0. The second-order valence-electron chi connectivity index (χ2n) is 9.17. The fourth-order valence-electron chi connectivity index (χ4n) is 4.85. The van der Waals surface area contributed by atoms with Gasteiger partial charge in [0, 0.05) is 71.0 Å². The van der Waals surface area contributed by atoms with Gasteiger partial charge >= 0.3 is 0 Å². The molecule has 2 heterocycles. The summed E-state index contributed by atoms with van der Waals surface area (Å²) in [6.45, 7) is 11.8. The molecule has 8 heteroatoms. The standard InChI is InChI=1S/C23H41N7O/c1-17(16-21-18(2)27-28(5)19(21)3)26-23(24-4)25-10-11-29-12-14-30(15-13-29)22(31)20-8-6-7-9-20/h17,20H,6-16H2,1-5H3,(H2,24,25,26). The average molecular weight is 432 g/mol. The van der Waals surface area contributed by atoms with Crippen LogP contribution >= 0.6 is 0 Å². The van der Waals surface area contributed by atoms with E-state index in [-0.39, 0.29) is 6.04 Å². The van der Waals surface area contributed by atoms with Crippen molar-refractivity contribution < 1.29 is 4.79 Å². The predicted octanol–water partition coefficient (Wildman–Crippen LogP) is 1.47. The number of nitrogens with zero attached hydrogens (tertiary/aromatic N) is 5. The number of piperazine rings is 1. The van der Waals surface area contributed by atoms with Crippen molar-refractivity contribution in [2.75, 3.05) is 46.3 Å². The normalized spacial score (nSPS) is 19.6. The van der Waals surface area contributed by atoms with Crippen LogP contribution in [0.1, 0.15) is 49.6 Å². The zero-order valence-corrected chi connectivity index (χ0v) is 20.1. The van der Waals surface area contributed by atoms with Crippen molar-refractivity contribution >= 4 is 11.9 Å². The van der Waals surface area contributed by atoms with Gasteiger partial charge in [0.15, 0.2) is 5.96 Å². The van der Waals surface area contributed by atoms with Crippen molar-refractivity contribution in [3.63, 3.8) is 0 Å². The molecule has 8 nitrogen and oxygen atoms in total. The molecule has 0 bridgehead atoms. The highest BCUT2D eigenvalue weighted by Crippen LogP contribution is 2.26. The Bertz CT molecular complexity index is 758. The highest BCUT2D eigenvalue weighted by Gasteiger charge is 2.29. The molecule has 1 aromatic rings. The first-order valence-corrected chi connectivity index (χ1v) is 11.9. The summed E-state index contributed by atoms with van der Waals surface area (Å²) in [5.41, 5.74) is 3.63. The van der Waals surface area contributed by atoms with Gasteiger partial charge in [-0.3, -0.25) is 19.4 Å². The Morgan fingerprint density at radius 2 is 1.87 bits per heavy atom. The number of nitrogens with one attached hydrogen (secondary N) is 2. The lowest BCUT2D eigenvalue weighted by molar-refractivity contribution is -0.137. The van der Waals surface area contributed by atoms with Crippen LogP contribution in [0.4, 0.5) is 0 Å². The minimum Gasteiger partial charge on any atom is -0.355 e. The summed E-state index contributed by atoms with van der Waals surface area (Å²) in [6.07, 6.45) is 5.54. The molecule has 1 aliphatic heterocycles. The van der Waals surface area contributed by atoms with E-state index in [1.165, 1.54) is 24.1 Å². The first-order valence-electron chi connectivity index (χ1n) is 11.9. The Hall–Kier alpha value is -2.09. The lowest BCUT2D eigenvalue weighted by atomic mass is 10.1. The van der Waals surface area contributed by atoms with Gasteiger partial charge < -0.3 is 15.5 Å². The molecule has 0 aromatic carbocycles. The van der Waals surface area contributed by atoms with Crippen molar-refractivity contribution in [2.45, 2.75) is 58.9 Å². The fourth-order valence-corrected chi connectivity index (χ4v) is 4.85. The highest BCUT2D eigenvalue weighted by molar-refractivity contribution is 5.80. The van der Waals surface area contributed by atoms with E-state index in [0.29, 0.717) is 11.8 Å². The maximum Gasteiger partial charge on any atom is 0.225 e. The van der Waals surface area contributed by atoms with Crippen LogP contribution in [0.2, 0.25) is 0 Å². The van der Waals surface area contributed by atoms with E-state index in [4.69, 9.17) is 0 Å². The van der Waals surface area contributed by atoms with Crippen LogP contribution in [-0.2, 0) is 18.3 Å². The van der Waals surface area contributed by atoms with Gasteiger partial charge in [-0.2, -0.15) is 5.10 Å². The van der Waals surface area contributed by atoms with Gasteiger partial charge in [-0.25, -0.2) is 0 Å². The molecule has 0 radical (unpaired) electrons. The van der Waals surface area contributed by atoms with Gasteiger partial charge in [0.25, 0.3) is 0 Å². The number of aliphatic imine (C=N–C) groups is 1. The molecule has 1 atom stereocenters. The third-order valence-corrected chi connectivity index (χ3v) is 6.88. The Balaban J connectivity index is 1.36. The van der Waals surface area contributed by atoms with Crippen LogP contribution in [0.3, 0.4) is 0 Å². The molecule has 2 N–H and O–H groups in total. The van der Waals surface area contributed by atoms with E-state index in [1.807, 2.05) is 18.8 Å². The number of aryl methyl sites for hydroxylation is 2. The third-order valence-electron chi connectivity index (χ3n) is 6.88. The van der Waals surface area contributed by atoms with Crippen LogP contribution in [0.5, 0.6) is 0 Å². The van der Waals surface area contributed by atoms with Crippen molar-refractivity contribution in [3.8, 4) is 0 Å². The number of amides is 1. The molecule has 1 aromatic heterocycles. The molecule has 174 valence electrons. The molecule has 2 aliphatic rings. The SMILES string of the molecule is CN=C(NCCN1CCN(C(=O)C2CCCC2)CC1)NC(C)Cc1c(C)nn(C)c1C. The van der Waals surface area contributed by atoms with Gasteiger partial charge in [0.2, 0.25) is 5.91 Å². The van der Waals surface area contributed by atoms with E-state index in [9.17, 15) is 4.79 Å². The molecule has 1 aliphatic carbocycles. The number of guanidine groups is 1. The maximum atomic E-state index is 12.6. The Morgan fingerprint density at radius 1 is 1.19 bits per heavy atom. The Labute approximate surface area is 187 Å². The molecule has 31 heavy (non-hydrogen) atoms. The van der Waals surface area contributed by atoms with Crippen LogP contribution in [-0.4, -0.2) is 83.8 Å². The summed E-state index contributed by atoms with van der Waals surface area (Å²) < 4.78 is 1.95. The molecule has 1 amide bonds. The number of hydrogen-bond acceptors (Lipinski definition) is 4. The van der Waals surface area contributed by atoms with Crippen molar-refractivity contribution in [3.05, 3.63) is 17.0 Å². The zero-order valence-electron chi connectivity index (χ0n) is 20.1. The van der Waals surface area contributed by atoms with Crippen LogP contribution in [0, 0.1) is 19.8 Å². The van der Waals surface area contributed by atoms with Crippen LogP contribution < -0.4 is 10.6 Å². The maximum absolute atomic E-state index is 12.6. The van der Waals surface area contributed by atoms with Crippen molar-refractivity contribution in [2.24, 2.45) is 18.0 Å². The summed E-state index contributed by atoms with van der Waals surface area (Å²) in [6, 6.07) is 0.262. The number of rotatable bonds is 7. The minimum absolute atomic E-state index is 0.262. The van der Waals surface area contributed by atoms with E-state index >= 15 is 0 Å². The van der Waals surface area contributed by atoms with Gasteiger partial charge in [-0.05, 0) is 45.6 Å². The predicted molar refractivity (Wildman–Crippen MR) is 125 cm³/mol. The zero-order chi connectivity index (χ0) is 22.4. The quantitative estimate of drug-likeness (QED) is 0.505. The van der Waals surface area contributed by atoms with E-state index < -0.39 is 0 Å². The summed E-state index contributed by atoms with van der Waals surface area (Å²) in [5.74, 6) is 1.53. The number of hydrogen-bond donors (Lipinski definition) is 2. The first-order chi connectivity index (χ1) is 14.9. The molecular weight excluding hydrogens is 390 g/mol. The highest BCUT2D eigenvalue weighted by atomic mass is 16.2. The lowest BCUT2D eigenvalue weighted by Crippen LogP contribution is -2.52. The molecule has 1 saturated heterocycles. The van der Waals surface area contributed by atoms with Crippen molar-refractivity contribution in [1.29, 1.82) is 0 Å². The second-order valence-corrected chi connectivity index (χ2v) is 9.17. The summed E-state index contributed by atoms with van der Waals surface area (Å²) in [5, 5.41) is 11.5. The fraction of sp³-hybridized carbons (Fsp3) is 0.783. The van der Waals surface area contributed by atoms with Crippen LogP contribution in [0.25, 0.3) is 0 Å². The van der Waals surface area contributed by atoms with Gasteiger partial charge in [-0.15, -0.1) is 0 Å². The molecule has 1 unspecified atom stereocenters. The van der Waals surface area contributed by atoms with Gasteiger partial charge in [-0.1, -0.05) is 12.8 Å². The number of carbonyl (C=O) groups is 1. The van der Waals surface area contributed by atoms with Gasteiger partial charge in [0.1, 0.15) is 0 Å². The van der Waals surface area contributed by atoms with Crippen molar-refractivity contribution in [1.82, 2.24) is 30.2 Å². The van der Waals surface area contributed by atoms with Crippen LogP contribution in [0.15, 0.2) is 4.99 Å². The molecule has 0 spiro atoms. The molecule has 2 fully saturated rings. The monoisotopic (exact) mass is 431 g/mol. The molecule has 3 rings (SSSR count). The number of carbonyl (C=O) groups excluding carboxylic acids is 1. The third kappa shape index (κ3) is 6.21. The first kappa shape index (κ1) is 23.6. The minimum atomic E-state index is 0.262. The largest absolute Gasteiger partial charge is 0.355 e. The summed E-state index contributed by atoms with van der Waals surface area (Å²) >= 11 is 0. The number of aromatic nitrogens is 2. The van der Waals surface area contributed by atoms with E-state index in [0.717, 1.165) is 70.2 Å². The topological polar surface area (TPSA) is 77.8 Å². The molecular formula is C23H41N7O.